The number of para-hydroxylation sites is 2. The fraction of sp³-hybridized carbons (Fsp3) is 0.222. The Kier molecular flexibility index (Phi) is 4.74. The number of rotatable bonds is 5. The second-order valence-electron chi connectivity index (χ2n) is 5.42. The molecule has 1 amide bonds. The molecule has 0 fully saturated rings. The summed E-state index contributed by atoms with van der Waals surface area (Å²) in [5, 5.41) is 11.9. The van der Waals surface area contributed by atoms with Crippen molar-refractivity contribution in [1.82, 2.24) is 5.32 Å². The van der Waals surface area contributed by atoms with E-state index in [9.17, 15) is 14.7 Å². The van der Waals surface area contributed by atoms with E-state index in [1.54, 1.807) is 30.3 Å². The molecule has 2 N–H and O–H groups in total. The van der Waals surface area contributed by atoms with Crippen molar-refractivity contribution in [2.75, 3.05) is 13.7 Å². The van der Waals surface area contributed by atoms with Gasteiger partial charge in [-0.05, 0) is 29.8 Å². The third-order valence-corrected chi connectivity index (χ3v) is 3.76. The minimum absolute atomic E-state index is 0.0421. The van der Waals surface area contributed by atoms with Crippen molar-refractivity contribution in [2.45, 2.75) is 12.6 Å². The molecule has 7 nitrogen and oxygen atoms in total. The molecule has 3 rings (SSSR count). The molecule has 0 spiro atoms. The number of carbonyl (C=O) groups is 2. The zero-order valence-electron chi connectivity index (χ0n) is 13.5. The van der Waals surface area contributed by atoms with Crippen molar-refractivity contribution in [3.05, 3.63) is 53.6 Å². The van der Waals surface area contributed by atoms with Crippen molar-refractivity contribution in [1.29, 1.82) is 0 Å². The number of carbonyl (C=O) groups excluding carboxylic acids is 1. The summed E-state index contributed by atoms with van der Waals surface area (Å²) in [4.78, 5) is 23.5. The van der Waals surface area contributed by atoms with Crippen LogP contribution in [0, 0.1) is 0 Å². The van der Waals surface area contributed by atoms with Crippen LogP contribution in [0.2, 0.25) is 0 Å². The summed E-state index contributed by atoms with van der Waals surface area (Å²) in [6, 6.07) is 11.8. The summed E-state index contributed by atoms with van der Waals surface area (Å²) in [7, 11) is 1.40. The highest BCUT2D eigenvalue weighted by atomic mass is 16.6. The Labute approximate surface area is 144 Å². The first kappa shape index (κ1) is 16.6. The van der Waals surface area contributed by atoms with E-state index in [2.05, 4.69) is 5.32 Å². The first-order valence-corrected chi connectivity index (χ1v) is 7.65. The molecule has 25 heavy (non-hydrogen) atoms. The van der Waals surface area contributed by atoms with Crippen LogP contribution in [-0.2, 0) is 11.3 Å². The fourth-order valence-corrected chi connectivity index (χ4v) is 2.48. The van der Waals surface area contributed by atoms with E-state index in [1.807, 2.05) is 6.07 Å². The van der Waals surface area contributed by atoms with Gasteiger partial charge in [0.15, 0.2) is 11.5 Å². The smallest absolute Gasteiger partial charge is 0.339 e. The van der Waals surface area contributed by atoms with Gasteiger partial charge in [0, 0.05) is 6.54 Å². The maximum Gasteiger partial charge on any atom is 0.339 e. The van der Waals surface area contributed by atoms with E-state index in [-0.39, 0.29) is 30.4 Å². The molecule has 2 aromatic rings. The molecule has 0 radical (unpaired) electrons. The normalized spacial score (nSPS) is 15.3. The highest BCUT2D eigenvalue weighted by molar-refractivity contribution is 5.91. The summed E-state index contributed by atoms with van der Waals surface area (Å²) in [6.07, 6.45) is -0.757. The molecule has 1 atom stereocenters. The monoisotopic (exact) mass is 343 g/mol. The second-order valence-corrected chi connectivity index (χ2v) is 5.42. The zero-order valence-corrected chi connectivity index (χ0v) is 13.5. The van der Waals surface area contributed by atoms with E-state index >= 15 is 0 Å². The molecule has 130 valence electrons. The first-order valence-electron chi connectivity index (χ1n) is 7.65. The van der Waals surface area contributed by atoms with Crippen molar-refractivity contribution in [3.63, 3.8) is 0 Å². The van der Waals surface area contributed by atoms with Gasteiger partial charge in [-0.2, -0.15) is 0 Å². The van der Waals surface area contributed by atoms with Gasteiger partial charge in [0.25, 0.3) is 5.91 Å². The third kappa shape index (κ3) is 3.65. The summed E-state index contributed by atoms with van der Waals surface area (Å²) in [5.41, 5.74) is 0.684. The molecule has 2 aromatic carbocycles. The Morgan fingerprint density at radius 1 is 1.24 bits per heavy atom. The summed E-state index contributed by atoms with van der Waals surface area (Å²) in [5.74, 6) is -0.0321. The molecule has 1 aliphatic rings. The zero-order chi connectivity index (χ0) is 17.8. The average molecular weight is 343 g/mol. The SMILES string of the molecule is COc1ccc(CNC(=O)[C@@H]2COc3ccccc3O2)cc1C(=O)O. The highest BCUT2D eigenvalue weighted by Crippen LogP contribution is 2.30. The number of aromatic carboxylic acids is 1. The molecule has 0 bridgehead atoms. The number of amides is 1. The lowest BCUT2D eigenvalue weighted by Gasteiger charge is -2.25. The third-order valence-electron chi connectivity index (χ3n) is 3.76. The maximum absolute atomic E-state index is 12.3. The fourth-order valence-electron chi connectivity index (χ4n) is 2.48. The topological polar surface area (TPSA) is 94.1 Å². The Morgan fingerprint density at radius 3 is 2.72 bits per heavy atom. The van der Waals surface area contributed by atoms with Crippen LogP contribution in [0.15, 0.2) is 42.5 Å². The van der Waals surface area contributed by atoms with Crippen LogP contribution in [0.1, 0.15) is 15.9 Å². The Hall–Kier alpha value is -3.22. The van der Waals surface area contributed by atoms with Crippen molar-refractivity contribution < 1.29 is 28.9 Å². The molecule has 0 saturated heterocycles. The Bertz CT molecular complexity index is 804. The summed E-state index contributed by atoms with van der Waals surface area (Å²) >= 11 is 0. The second kappa shape index (κ2) is 7.12. The standard InChI is InChI=1S/C18H17NO6/c1-23-13-7-6-11(8-12(13)18(21)22)9-19-17(20)16-10-24-14-4-2-3-5-15(14)25-16/h2-8,16H,9-10H2,1H3,(H,19,20)(H,21,22)/t16-/m0/s1. The van der Waals surface area contributed by atoms with Gasteiger partial charge in [0.05, 0.1) is 7.11 Å². The van der Waals surface area contributed by atoms with Crippen LogP contribution >= 0.6 is 0 Å². The van der Waals surface area contributed by atoms with Crippen LogP contribution in [-0.4, -0.2) is 36.8 Å². The van der Waals surface area contributed by atoms with E-state index < -0.39 is 12.1 Å². The van der Waals surface area contributed by atoms with Gasteiger partial charge in [-0.3, -0.25) is 4.79 Å². The highest BCUT2D eigenvalue weighted by Gasteiger charge is 2.27. The minimum Gasteiger partial charge on any atom is -0.496 e. The molecule has 0 saturated carbocycles. The number of fused-ring (bicyclic) bond motifs is 1. The predicted molar refractivity (Wildman–Crippen MR) is 88.2 cm³/mol. The number of hydrogen-bond acceptors (Lipinski definition) is 5. The lowest BCUT2D eigenvalue weighted by molar-refractivity contribution is -0.130. The minimum atomic E-state index is -1.09. The Balaban J connectivity index is 1.63. The lowest BCUT2D eigenvalue weighted by atomic mass is 10.1. The van der Waals surface area contributed by atoms with Gasteiger partial charge in [0.2, 0.25) is 6.10 Å². The van der Waals surface area contributed by atoms with Crippen LogP contribution in [0.25, 0.3) is 0 Å². The lowest BCUT2D eigenvalue weighted by Crippen LogP contribution is -2.43. The molecule has 1 heterocycles. The van der Waals surface area contributed by atoms with Crippen molar-refractivity contribution in [2.24, 2.45) is 0 Å². The van der Waals surface area contributed by atoms with Gasteiger partial charge >= 0.3 is 5.97 Å². The van der Waals surface area contributed by atoms with Gasteiger partial charge in [0.1, 0.15) is 17.9 Å². The summed E-state index contributed by atoms with van der Waals surface area (Å²) < 4.78 is 16.2. The maximum atomic E-state index is 12.3. The molecule has 1 aliphatic heterocycles. The molecule has 0 unspecified atom stereocenters. The number of ether oxygens (including phenoxy) is 3. The van der Waals surface area contributed by atoms with Crippen LogP contribution in [0.4, 0.5) is 0 Å². The van der Waals surface area contributed by atoms with Crippen molar-refractivity contribution >= 4 is 11.9 Å². The molecule has 0 aromatic heterocycles. The largest absolute Gasteiger partial charge is 0.496 e. The first-order chi connectivity index (χ1) is 12.1. The number of carboxylic acids is 1. The van der Waals surface area contributed by atoms with Gasteiger partial charge in [-0.1, -0.05) is 18.2 Å². The predicted octanol–water partition coefficient (Wildman–Crippen LogP) is 1.85. The van der Waals surface area contributed by atoms with Crippen LogP contribution < -0.4 is 19.5 Å². The van der Waals surface area contributed by atoms with Crippen LogP contribution in [0.3, 0.4) is 0 Å². The quantitative estimate of drug-likeness (QED) is 0.860. The van der Waals surface area contributed by atoms with Gasteiger partial charge in [-0.25, -0.2) is 4.79 Å². The molecular formula is C18H17NO6. The van der Waals surface area contributed by atoms with E-state index in [1.165, 1.54) is 13.2 Å². The van der Waals surface area contributed by atoms with Crippen LogP contribution in [0.5, 0.6) is 17.2 Å². The molecule has 0 aliphatic carbocycles. The number of hydrogen-bond donors (Lipinski definition) is 2. The van der Waals surface area contributed by atoms with E-state index in [0.29, 0.717) is 17.1 Å². The van der Waals surface area contributed by atoms with Gasteiger partial charge < -0.3 is 24.6 Å². The average Bonchev–Trinajstić information content (AvgIpc) is 2.65. The van der Waals surface area contributed by atoms with Gasteiger partial charge in [-0.15, -0.1) is 0 Å². The van der Waals surface area contributed by atoms with E-state index in [0.717, 1.165) is 0 Å². The Morgan fingerprint density at radius 2 is 2.00 bits per heavy atom. The molecule has 7 heteroatoms. The number of methoxy groups -OCH3 is 1. The number of nitrogens with one attached hydrogen (secondary N) is 1. The molecular weight excluding hydrogens is 326 g/mol. The number of carboxylic acid groups (broad SMARTS) is 1. The number of benzene rings is 2. The summed E-state index contributed by atoms with van der Waals surface area (Å²) in [6.45, 7) is 0.288. The van der Waals surface area contributed by atoms with Crippen molar-refractivity contribution in [3.8, 4) is 17.2 Å². The van der Waals surface area contributed by atoms with E-state index in [4.69, 9.17) is 14.2 Å².